The largest absolute Gasteiger partial charge is 0.389 e. The zero-order valence-electron chi connectivity index (χ0n) is 7.94. The van der Waals surface area contributed by atoms with Crippen molar-refractivity contribution in [2.75, 3.05) is 0 Å². The molecule has 1 nitrogen and oxygen atoms in total. The second kappa shape index (κ2) is 2.34. The maximum Gasteiger partial charge on any atom is 0.0766 e. The fourth-order valence-electron chi connectivity index (χ4n) is 1.52. The first-order valence-corrected chi connectivity index (χ1v) is 4.23. The summed E-state index contributed by atoms with van der Waals surface area (Å²) < 4.78 is 0. The molecule has 0 saturated carbocycles. The SMILES string of the molecule is CC1=CCC(O)(C(C)(C)C)C1. The Balaban J connectivity index is 2.74. The monoisotopic (exact) mass is 154 g/mol. The molecule has 0 fully saturated rings. The van der Waals surface area contributed by atoms with Crippen LogP contribution in [0.1, 0.15) is 40.5 Å². The quantitative estimate of drug-likeness (QED) is 0.531. The third-order valence-electron chi connectivity index (χ3n) is 2.76. The molecule has 0 heterocycles. The fourth-order valence-corrected chi connectivity index (χ4v) is 1.52. The first-order valence-electron chi connectivity index (χ1n) is 4.23. The van der Waals surface area contributed by atoms with Crippen LogP contribution in [0.5, 0.6) is 0 Å². The van der Waals surface area contributed by atoms with Crippen LogP contribution in [-0.4, -0.2) is 10.7 Å². The van der Waals surface area contributed by atoms with Crippen molar-refractivity contribution < 1.29 is 5.11 Å². The third kappa shape index (κ3) is 1.48. The summed E-state index contributed by atoms with van der Waals surface area (Å²) in [6.45, 7) is 8.38. The smallest absolute Gasteiger partial charge is 0.0766 e. The predicted octanol–water partition coefficient (Wildman–Crippen LogP) is 2.50. The van der Waals surface area contributed by atoms with Gasteiger partial charge in [-0.2, -0.15) is 0 Å². The molecule has 0 bridgehead atoms. The highest BCUT2D eigenvalue weighted by atomic mass is 16.3. The average molecular weight is 154 g/mol. The minimum Gasteiger partial charge on any atom is -0.389 e. The number of rotatable bonds is 0. The van der Waals surface area contributed by atoms with Crippen LogP contribution in [0.3, 0.4) is 0 Å². The minimum absolute atomic E-state index is 0.00125. The van der Waals surface area contributed by atoms with Crippen LogP contribution in [-0.2, 0) is 0 Å². The summed E-state index contributed by atoms with van der Waals surface area (Å²) in [4.78, 5) is 0. The summed E-state index contributed by atoms with van der Waals surface area (Å²) in [5, 5.41) is 10.1. The normalized spacial score (nSPS) is 32.3. The number of hydrogen-bond acceptors (Lipinski definition) is 1. The van der Waals surface area contributed by atoms with E-state index in [4.69, 9.17) is 0 Å². The Morgan fingerprint density at radius 1 is 1.45 bits per heavy atom. The molecule has 1 N–H and O–H groups in total. The van der Waals surface area contributed by atoms with Gasteiger partial charge in [0.15, 0.2) is 0 Å². The molecule has 64 valence electrons. The standard InChI is InChI=1S/C10H18O/c1-8-5-6-10(11,7-8)9(2,3)4/h5,11H,6-7H2,1-4H3. The van der Waals surface area contributed by atoms with Gasteiger partial charge in [-0.25, -0.2) is 0 Å². The van der Waals surface area contributed by atoms with Gasteiger partial charge in [-0.1, -0.05) is 32.4 Å². The van der Waals surface area contributed by atoms with Gasteiger partial charge in [0.1, 0.15) is 0 Å². The summed E-state index contributed by atoms with van der Waals surface area (Å²) in [6, 6.07) is 0. The van der Waals surface area contributed by atoms with Crippen molar-refractivity contribution in [1.82, 2.24) is 0 Å². The molecule has 1 atom stereocenters. The zero-order chi connectivity index (χ0) is 8.70. The van der Waals surface area contributed by atoms with Gasteiger partial charge in [0, 0.05) is 0 Å². The van der Waals surface area contributed by atoms with E-state index < -0.39 is 5.60 Å². The van der Waals surface area contributed by atoms with Crippen molar-refractivity contribution in [3.8, 4) is 0 Å². The molecular weight excluding hydrogens is 136 g/mol. The number of aliphatic hydroxyl groups is 1. The molecule has 0 aromatic rings. The third-order valence-corrected chi connectivity index (χ3v) is 2.76. The predicted molar refractivity (Wildman–Crippen MR) is 47.4 cm³/mol. The van der Waals surface area contributed by atoms with Gasteiger partial charge in [-0.15, -0.1) is 0 Å². The Morgan fingerprint density at radius 2 is 2.00 bits per heavy atom. The zero-order valence-corrected chi connectivity index (χ0v) is 7.94. The Labute approximate surface area is 69.1 Å². The summed E-state index contributed by atoms with van der Waals surface area (Å²) in [6.07, 6.45) is 3.81. The van der Waals surface area contributed by atoms with Gasteiger partial charge >= 0.3 is 0 Å². The van der Waals surface area contributed by atoms with E-state index in [0.29, 0.717) is 0 Å². The molecule has 0 aliphatic heterocycles. The Morgan fingerprint density at radius 3 is 2.18 bits per heavy atom. The molecular formula is C10H18O. The van der Waals surface area contributed by atoms with Gasteiger partial charge < -0.3 is 5.11 Å². The summed E-state index contributed by atoms with van der Waals surface area (Å²) in [5.41, 5.74) is 0.834. The molecule has 1 aliphatic rings. The first-order chi connectivity index (χ1) is 4.85. The van der Waals surface area contributed by atoms with E-state index in [1.54, 1.807) is 0 Å². The summed E-state index contributed by atoms with van der Waals surface area (Å²) in [7, 11) is 0. The van der Waals surface area contributed by atoms with E-state index in [0.717, 1.165) is 12.8 Å². The van der Waals surface area contributed by atoms with E-state index in [1.165, 1.54) is 5.57 Å². The van der Waals surface area contributed by atoms with Crippen molar-refractivity contribution in [1.29, 1.82) is 0 Å². The topological polar surface area (TPSA) is 20.2 Å². The maximum atomic E-state index is 10.1. The second-order valence-corrected chi connectivity index (χ2v) is 4.71. The molecule has 11 heavy (non-hydrogen) atoms. The molecule has 0 aromatic heterocycles. The maximum absolute atomic E-state index is 10.1. The fraction of sp³-hybridized carbons (Fsp3) is 0.800. The lowest BCUT2D eigenvalue weighted by atomic mass is 9.74. The molecule has 1 aliphatic carbocycles. The van der Waals surface area contributed by atoms with Crippen LogP contribution in [0.25, 0.3) is 0 Å². The van der Waals surface area contributed by atoms with E-state index in [9.17, 15) is 5.11 Å². The van der Waals surface area contributed by atoms with Crippen molar-refractivity contribution in [2.45, 2.75) is 46.1 Å². The van der Waals surface area contributed by atoms with Crippen LogP contribution in [0.2, 0.25) is 0 Å². The van der Waals surface area contributed by atoms with Gasteiger partial charge in [-0.3, -0.25) is 0 Å². The van der Waals surface area contributed by atoms with Crippen LogP contribution in [0.4, 0.5) is 0 Å². The Kier molecular flexibility index (Phi) is 1.87. The highest BCUT2D eigenvalue weighted by Crippen LogP contribution is 2.42. The molecule has 0 aromatic carbocycles. The minimum atomic E-state index is -0.489. The van der Waals surface area contributed by atoms with Gasteiger partial charge in [0.2, 0.25) is 0 Å². The second-order valence-electron chi connectivity index (χ2n) is 4.71. The van der Waals surface area contributed by atoms with E-state index >= 15 is 0 Å². The lowest BCUT2D eigenvalue weighted by Crippen LogP contribution is -2.40. The van der Waals surface area contributed by atoms with Gasteiger partial charge in [-0.05, 0) is 25.2 Å². The molecule has 0 saturated heterocycles. The first kappa shape index (κ1) is 8.79. The molecule has 0 amide bonds. The average Bonchev–Trinajstić information content (AvgIpc) is 2.10. The molecule has 1 heteroatoms. The summed E-state index contributed by atoms with van der Waals surface area (Å²) >= 11 is 0. The Bertz CT molecular complexity index is 186. The van der Waals surface area contributed by atoms with Crippen molar-refractivity contribution in [3.63, 3.8) is 0 Å². The molecule has 1 unspecified atom stereocenters. The van der Waals surface area contributed by atoms with Crippen LogP contribution in [0, 0.1) is 5.41 Å². The van der Waals surface area contributed by atoms with Gasteiger partial charge in [0.25, 0.3) is 0 Å². The highest BCUT2D eigenvalue weighted by Gasteiger charge is 2.41. The van der Waals surface area contributed by atoms with Crippen molar-refractivity contribution >= 4 is 0 Å². The van der Waals surface area contributed by atoms with Crippen molar-refractivity contribution in [2.24, 2.45) is 5.41 Å². The van der Waals surface area contributed by atoms with E-state index in [1.807, 2.05) is 0 Å². The van der Waals surface area contributed by atoms with E-state index in [-0.39, 0.29) is 5.41 Å². The van der Waals surface area contributed by atoms with Crippen molar-refractivity contribution in [3.05, 3.63) is 11.6 Å². The molecule has 0 radical (unpaired) electrons. The van der Waals surface area contributed by atoms with Crippen LogP contribution >= 0.6 is 0 Å². The molecule has 1 rings (SSSR count). The summed E-state index contributed by atoms with van der Waals surface area (Å²) in [5.74, 6) is 0. The lowest BCUT2D eigenvalue weighted by Gasteiger charge is -2.37. The number of hydrogen-bond donors (Lipinski definition) is 1. The van der Waals surface area contributed by atoms with Gasteiger partial charge in [0.05, 0.1) is 5.60 Å². The Hall–Kier alpha value is -0.300. The van der Waals surface area contributed by atoms with E-state index in [2.05, 4.69) is 33.8 Å². The lowest BCUT2D eigenvalue weighted by molar-refractivity contribution is -0.0475. The highest BCUT2D eigenvalue weighted by molar-refractivity contribution is 5.16. The molecule has 0 spiro atoms. The van der Waals surface area contributed by atoms with Crippen LogP contribution < -0.4 is 0 Å². The van der Waals surface area contributed by atoms with Crippen LogP contribution in [0.15, 0.2) is 11.6 Å².